The number of rotatable bonds is 13. The summed E-state index contributed by atoms with van der Waals surface area (Å²) >= 11 is 2.74. The van der Waals surface area contributed by atoms with Gasteiger partial charge in [0.2, 0.25) is 5.13 Å². The maximum absolute atomic E-state index is 13.8. The Balaban J connectivity index is 1.35. The van der Waals surface area contributed by atoms with Crippen LogP contribution in [0.3, 0.4) is 0 Å². The summed E-state index contributed by atoms with van der Waals surface area (Å²) in [5, 5.41) is 22.9. The predicted octanol–water partition coefficient (Wildman–Crippen LogP) is 8.20. The number of amides is 1. The number of hydrogen-bond acceptors (Lipinski definition) is 10. The molecule has 1 aromatic heterocycles. The van der Waals surface area contributed by atoms with E-state index in [1.54, 1.807) is 30.3 Å². The number of unbranched alkanes of at least 4 members (excludes halogenated alkanes) is 2. The zero-order valence-corrected chi connectivity index (χ0v) is 28.5. The number of benzene rings is 4. The molecule has 5 aromatic rings. The van der Waals surface area contributed by atoms with E-state index in [1.165, 1.54) is 42.2 Å². The van der Waals surface area contributed by atoms with Crippen molar-refractivity contribution in [2.75, 3.05) is 25.7 Å². The summed E-state index contributed by atoms with van der Waals surface area (Å²) in [5.41, 5.74) is 2.00. The van der Waals surface area contributed by atoms with Crippen molar-refractivity contribution in [1.29, 1.82) is 0 Å². The molecule has 6 rings (SSSR count). The van der Waals surface area contributed by atoms with E-state index >= 15 is 0 Å². The summed E-state index contributed by atoms with van der Waals surface area (Å²) in [7, 11) is 2.99. The summed E-state index contributed by atoms with van der Waals surface area (Å²) in [4.78, 5) is 28.8. The molecule has 0 spiro atoms. The summed E-state index contributed by atoms with van der Waals surface area (Å²) in [6.45, 7) is 2.73. The fraction of sp³-hybridized carbons (Fsp3) is 0.243. The Hall–Kier alpha value is -4.87. The molecule has 0 radical (unpaired) electrons. The molecule has 2 heterocycles. The smallest absolute Gasteiger partial charge is 0.301 e. The molecule has 1 amide bonds. The monoisotopic (exact) mass is 681 g/mol. The van der Waals surface area contributed by atoms with Crippen molar-refractivity contribution in [3.8, 4) is 17.2 Å². The maximum atomic E-state index is 13.8. The summed E-state index contributed by atoms with van der Waals surface area (Å²) in [6, 6.07) is 25.5. The van der Waals surface area contributed by atoms with Crippen LogP contribution in [0.15, 0.2) is 94.8 Å². The first kappa shape index (κ1) is 33.0. The van der Waals surface area contributed by atoms with Gasteiger partial charge in [0.1, 0.15) is 11.5 Å². The highest BCUT2D eigenvalue weighted by atomic mass is 32.2. The van der Waals surface area contributed by atoms with Crippen LogP contribution in [0.25, 0.3) is 16.5 Å². The van der Waals surface area contributed by atoms with Crippen molar-refractivity contribution in [2.24, 2.45) is 0 Å². The van der Waals surface area contributed by atoms with Crippen molar-refractivity contribution >= 4 is 56.5 Å². The van der Waals surface area contributed by atoms with Crippen LogP contribution in [-0.2, 0) is 15.3 Å². The van der Waals surface area contributed by atoms with Crippen LogP contribution in [0.1, 0.15) is 48.9 Å². The van der Waals surface area contributed by atoms with Crippen molar-refractivity contribution in [3.05, 3.63) is 107 Å². The lowest BCUT2D eigenvalue weighted by Crippen LogP contribution is -2.29. The van der Waals surface area contributed by atoms with E-state index < -0.39 is 17.7 Å². The Morgan fingerprint density at radius 2 is 1.69 bits per heavy atom. The topological polar surface area (TPSA) is 111 Å². The molecule has 1 fully saturated rings. The molecule has 4 aromatic carbocycles. The molecule has 11 heteroatoms. The number of aliphatic hydroxyl groups is 1. The molecule has 246 valence electrons. The number of hydrogen-bond donors (Lipinski definition) is 1. The number of anilines is 1. The number of fused-ring (bicyclic) bond motifs is 1. The average Bonchev–Trinajstić information content (AvgIpc) is 3.70. The predicted molar refractivity (Wildman–Crippen MR) is 189 cm³/mol. The molecule has 1 atom stereocenters. The summed E-state index contributed by atoms with van der Waals surface area (Å²) < 4.78 is 17.3. The molecule has 1 saturated heterocycles. The number of nitrogens with zero attached hydrogens (tertiary/aromatic N) is 3. The Bertz CT molecular complexity index is 1970. The number of carbonyl (C=O) groups is 2. The zero-order valence-electron chi connectivity index (χ0n) is 26.8. The molecule has 1 N–H and O–H groups in total. The Morgan fingerprint density at radius 3 is 2.46 bits per heavy atom. The minimum atomic E-state index is -0.962. The fourth-order valence-corrected chi connectivity index (χ4v) is 7.56. The molecular formula is C37H35N3O6S2. The normalized spacial score (nSPS) is 15.6. The number of aliphatic hydroxyl groups excluding tert-OH is 1. The number of ketones is 1. The largest absolute Gasteiger partial charge is 0.507 e. The van der Waals surface area contributed by atoms with Gasteiger partial charge in [0.25, 0.3) is 5.78 Å². The minimum absolute atomic E-state index is 0.0657. The van der Waals surface area contributed by atoms with Crippen LogP contribution >= 0.6 is 23.1 Å². The van der Waals surface area contributed by atoms with Gasteiger partial charge in [0.05, 0.1) is 32.4 Å². The number of ether oxygens (including phenoxy) is 3. The van der Waals surface area contributed by atoms with Crippen LogP contribution < -0.4 is 19.1 Å². The third kappa shape index (κ3) is 6.74. The van der Waals surface area contributed by atoms with Crippen LogP contribution in [-0.4, -0.2) is 47.8 Å². The quantitative estimate of drug-likeness (QED) is 0.0328. The first-order valence-electron chi connectivity index (χ1n) is 15.6. The molecule has 0 saturated carbocycles. The SMILES string of the molecule is CCCCCOc1ccc(C2/C(=C(\O)c3ccc(OC)c(OC)c3)C(=O)C(=O)N2c2nnc(SCc3cccc4ccccc34)s2)cc1. The maximum Gasteiger partial charge on any atom is 0.301 e. The van der Waals surface area contributed by atoms with Gasteiger partial charge in [0.15, 0.2) is 15.8 Å². The van der Waals surface area contributed by atoms with Gasteiger partial charge in [-0.2, -0.15) is 0 Å². The Morgan fingerprint density at radius 1 is 0.917 bits per heavy atom. The minimum Gasteiger partial charge on any atom is -0.507 e. The zero-order chi connectivity index (χ0) is 33.6. The lowest BCUT2D eigenvalue weighted by atomic mass is 9.95. The van der Waals surface area contributed by atoms with Gasteiger partial charge in [-0.3, -0.25) is 14.5 Å². The summed E-state index contributed by atoms with van der Waals surface area (Å²) in [6.07, 6.45) is 3.12. The number of carbonyl (C=O) groups excluding carboxylic acids is 2. The van der Waals surface area contributed by atoms with Crippen LogP contribution in [0, 0.1) is 0 Å². The molecular weight excluding hydrogens is 647 g/mol. The molecule has 0 bridgehead atoms. The van der Waals surface area contributed by atoms with E-state index in [-0.39, 0.29) is 16.5 Å². The number of thioether (sulfide) groups is 1. The van der Waals surface area contributed by atoms with Crippen molar-refractivity contribution in [1.82, 2.24) is 10.2 Å². The second-order valence-corrected chi connectivity index (χ2v) is 13.3. The number of aromatic nitrogens is 2. The Labute approximate surface area is 287 Å². The second kappa shape index (κ2) is 14.9. The highest BCUT2D eigenvalue weighted by molar-refractivity contribution is 8.00. The second-order valence-electron chi connectivity index (χ2n) is 11.1. The highest BCUT2D eigenvalue weighted by Crippen LogP contribution is 2.45. The first-order valence-corrected chi connectivity index (χ1v) is 17.4. The van der Waals surface area contributed by atoms with Crippen LogP contribution in [0.2, 0.25) is 0 Å². The van der Waals surface area contributed by atoms with Gasteiger partial charge in [-0.25, -0.2) is 0 Å². The van der Waals surface area contributed by atoms with Crippen molar-refractivity contribution in [2.45, 2.75) is 42.3 Å². The van der Waals surface area contributed by atoms with Gasteiger partial charge in [-0.15, -0.1) is 10.2 Å². The molecule has 9 nitrogen and oxygen atoms in total. The van der Waals surface area contributed by atoms with Crippen molar-refractivity contribution in [3.63, 3.8) is 0 Å². The first-order chi connectivity index (χ1) is 23.4. The lowest BCUT2D eigenvalue weighted by Gasteiger charge is -2.23. The highest BCUT2D eigenvalue weighted by Gasteiger charge is 2.48. The number of methoxy groups -OCH3 is 2. The number of Topliss-reactive ketones (excluding diaryl/α,β-unsaturated/α-hetero) is 1. The molecule has 48 heavy (non-hydrogen) atoms. The standard InChI is InChI=1S/C37H35N3O6S2/c1-4-5-8-20-46-27-17-14-24(15-18-27)32-31(33(41)25-16-19-29(44-2)30(21-25)45-3)34(42)35(43)40(32)36-38-39-37(48-36)47-22-26-12-9-11-23-10-6-7-13-28(23)26/h6-7,9-19,21,32,41H,4-5,8,20,22H2,1-3H3/b33-31+. The third-order valence-electron chi connectivity index (χ3n) is 8.15. The molecule has 1 unspecified atom stereocenters. The fourth-order valence-electron chi connectivity index (χ4n) is 5.69. The molecule has 1 aliphatic rings. The van der Waals surface area contributed by atoms with Crippen molar-refractivity contribution < 1.29 is 28.9 Å². The van der Waals surface area contributed by atoms with E-state index in [0.29, 0.717) is 45.1 Å². The summed E-state index contributed by atoms with van der Waals surface area (Å²) in [5.74, 6) is 0.191. The third-order valence-corrected chi connectivity index (χ3v) is 10.3. The molecule has 1 aliphatic heterocycles. The van der Waals surface area contributed by atoms with E-state index in [0.717, 1.165) is 35.6 Å². The van der Waals surface area contributed by atoms with Gasteiger partial charge < -0.3 is 19.3 Å². The van der Waals surface area contributed by atoms with E-state index in [9.17, 15) is 14.7 Å². The van der Waals surface area contributed by atoms with E-state index in [4.69, 9.17) is 14.2 Å². The van der Waals surface area contributed by atoms with E-state index in [1.807, 2.05) is 30.3 Å². The van der Waals surface area contributed by atoms with Gasteiger partial charge in [0, 0.05) is 11.3 Å². The van der Waals surface area contributed by atoms with Crippen LogP contribution in [0.5, 0.6) is 17.2 Å². The van der Waals surface area contributed by atoms with E-state index in [2.05, 4.69) is 41.4 Å². The Kier molecular flexibility index (Phi) is 10.3. The van der Waals surface area contributed by atoms with Gasteiger partial charge in [-0.1, -0.05) is 97.5 Å². The molecule has 0 aliphatic carbocycles. The van der Waals surface area contributed by atoms with Gasteiger partial charge in [-0.05, 0) is 58.7 Å². The van der Waals surface area contributed by atoms with Gasteiger partial charge >= 0.3 is 5.91 Å². The lowest BCUT2D eigenvalue weighted by molar-refractivity contribution is -0.132. The van der Waals surface area contributed by atoms with Crippen LogP contribution in [0.4, 0.5) is 5.13 Å². The average molecular weight is 682 g/mol.